The molecule has 100 valence electrons. The molecule has 0 spiro atoms. The maximum atomic E-state index is 10.9. The van der Waals surface area contributed by atoms with Gasteiger partial charge < -0.3 is 14.4 Å². The summed E-state index contributed by atoms with van der Waals surface area (Å²) in [6.07, 6.45) is 3.18. The van der Waals surface area contributed by atoms with Gasteiger partial charge in [-0.25, -0.2) is 4.79 Å². The van der Waals surface area contributed by atoms with Crippen molar-refractivity contribution in [1.82, 2.24) is 4.57 Å². The normalized spacial score (nSPS) is 10.5. The molecule has 7 heteroatoms. The largest absolute Gasteiger partial charge is 0.477 e. The lowest BCUT2D eigenvalue weighted by atomic mass is 10.4. The van der Waals surface area contributed by atoms with Crippen molar-refractivity contribution in [3.63, 3.8) is 0 Å². The van der Waals surface area contributed by atoms with Crippen LogP contribution in [-0.2, 0) is 11.3 Å². The molecule has 0 aliphatic heterocycles. The first-order valence-electron chi connectivity index (χ1n) is 5.72. The van der Waals surface area contributed by atoms with Crippen molar-refractivity contribution in [2.24, 2.45) is 0 Å². The Bertz CT molecular complexity index is 427. The van der Waals surface area contributed by atoms with Crippen molar-refractivity contribution >= 4 is 11.7 Å². The Labute approximate surface area is 104 Å². The highest BCUT2D eigenvalue weighted by Gasteiger charge is 2.18. The fourth-order valence-corrected chi connectivity index (χ4v) is 1.47. The summed E-state index contributed by atoms with van der Waals surface area (Å²) in [5.74, 6) is -1.18. The number of carboxylic acid groups (broad SMARTS) is 1. The van der Waals surface area contributed by atoms with E-state index in [4.69, 9.17) is 9.84 Å². The minimum Gasteiger partial charge on any atom is -0.477 e. The van der Waals surface area contributed by atoms with Crippen LogP contribution in [0.3, 0.4) is 0 Å². The molecule has 0 radical (unpaired) electrons. The van der Waals surface area contributed by atoms with Gasteiger partial charge in [-0.15, -0.1) is 0 Å². The molecule has 0 unspecified atom stereocenters. The highest BCUT2D eigenvalue weighted by molar-refractivity contribution is 5.86. The molecule has 0 saturated carbocycles. The number of carboxylic acids is 1. The summed E-state index contributed by atoms with van der Waals surface area (Å²) in [7, 11) is 0. The van der Waals surface area contributed by atoms with E-state index in [0.29, 0.717) is 19.8 Å². The molecule has 1 rings (SSSR count). The van der Waals surface area contributed by atoms with Crippen LogP contribution in [0.5, 0.6) is 0 Å². The fourth-order valence-electron chi connectivity index (χ4n) is 1.47. The number of ether oxygens (including phenoxy) is 1. The molecule has 0 bridgehead atoms. The van der Waals surface area contributed by atoms with Crippen molar-refractivity contribution in [2.75, 3.05) is 13.2 Å². The van der Waals surface area contributed by atoms with E-state index >= 15 is 0 Å². The van der Waals surface area contributed by atoms with E-state index in [1.165, 1.54) is 10.8 Å². The molecule has 0 amide bonds. The van der Waals surface area contributed by atoms with Gasteiger partial charge in [-0.3, -0.25) is 10.1 Å². The molecule has 1 N–H and O–H groups in total. The van der Waals surface area contributed by atoms with Gasteiger partial charge in [0.05, 0.1) is 17.7 Å². The maximum Gasteiger partial charge on any atom is 0.352 e. The minimum atomic E-state index is -1.18. The van der Waals surface area contributed by atoms with Gasteiger partial charge >= 0.3 is 5.97 Å². The zero-order valence-corrected chi connectivity index (χ0v) is 10.2. The molecule has 0 fully saturated rings. The molecule has 0 aliphatic rings. The van der Waals surface area contributed by atoms with Gasteiger partial charge in [-0.05, 0) is 6.42 Å². The minimum absolute atomic E-state index is 0.0965. The van der Waals surface area contributed by atoms with E-state index in [9.17, 15) is 14.9 Å². The Balaban J connectivity index is 2.63. The Kier molecular flexibility index (Phi) is 5.31. The second-order valence-electron chi connectivity index (χ2n) is 3.81. The van der Waals surface area contributed by atoms with Gasteiger partial charge in [0, 0.05) is 19.2 Å². The molecule has 18 heavy (non-hydrogen) atoms. The highest BCUT2D eigenvalue weighted by Crippen LogP contribution is 2.16. The quantitative estimate of drug-likeness (QED) is 0.435. The van der Waals surface area contributed by atoms with Crippen LogP contribution in [0.1, 0.15) is 30.3 Å². The predicted octanol–water partition coefficient (Wildman–Crippen LogP) is 1.91. The van der Waals surface area contributed by atoms with Gasteiger partial charge in [0.1, 0.15) is 5.69 Å². The van der Waals surface area contributed by atoms with Crippen molar-refractivity contribution < 1.29 is 19.6 Å². The number of hydrogen-bond donors (Lipinski definition) is 1. The molecule has 0 aliphatic carbocycles. The average molecular weight is 256 g/mol. The molecule has 0 saturated heterocycles. The lowest BCUT2D eigenvalue weighted by molar-refractivity contribution is -0.384. The molecule has 1 aromatic rings. The SMILES string of the molecule is CCCCOCCn1cc([N+](=O)[O-])cc1C(=O)O. The lowest BCUT2D eigenvalue weighted by Crippen LogP contribution is -2.11. The molecule has 1 aromatic heterocycles. The van der Waals surface area contributed by atoms with Gasteiger partial charge in [-0.1, -0.05) is 13.3 Å². The van der Waals surface area contributed by atoms with E-state index in [1.807, 2.05) is 6.92 Å². The third-order valence-corrected chi connectivity index (χ3v) is 2.43. The predicted molar refractivity (Wildman–Crippen MR) is 63.8 cm³/mol. The van der Waals surface area contributed by atoms with Gasteiger partial charge in [0.25, 0.3) is 5.69 Å². The van der Waals surface area contributed by atoms with Gasteiger partial charge in [-0.2, -0.15) is 0 Å². The Morgan fingerprint density at radius 2 is 2.28 bits per heavy atom. The van der Waals surface area contributed by atoms with Crippen molar-refractivity contribution in [3.8, 4) is 0 Å². The van der Waals surface area contributed by atoms with Crippen LogP contribution < -0.4 is 0 Å². The van der Waals surface area contributed by atoms with Crippen LogP contribution in [0.4, 0.5) is 5.69 Å². The summed E-state index contributed by atoms with van der Waals surface area (Å²) >= 11 is 0. The molecule has 7 nitrogen and oxygen atoms in total. The van der Waals surface area contributed by atoms with Gasteiger partial charge in [0.15, 0.2) is 0 Å². The van der Waals surface area contributed by atoms with Crippen LogP contribution in [0, 0.1) is 10.1 Å². The maximum absolute atomic E-state index is 10.9. The van der Waals surface area contributed by atoms with Gasteiger partial charge in [0.2, 0.25) is 0 Å². The Morgan fingerprint density at radius 3 is 2.83 bits per heavy atom. The number of rotatable bonds is 8. The topological polar surface area (TPSA) is 94.6 Å². The molecule has 0 aromatic carbocycles. The number of aromatic carboxylic acids is 1. The summed E-state index contributed by atoms with van der Waals surface area (Å²) in [6.45, 7) is 3.29. The van der Waals surface area contributed by atoms with E-state index in [1.54, 1.807) is 0 Å². The van der Waals surface area contributed by atoms with Crippen LogP contribution in [0.25, 0.3) is 0 Å². The Hall–Kier alpha value is -1.89. The fraction of sp³-hybridized carbons (Fsp3) is 0.545. The summed E-state index contributed by atoms with van der Waals surface area (Å²) in [4.78, 5) is 20.9. The number of unbranched alkanes of at least 4 members (excludes halogenated alkanes) is 1. The monoisotopic (exact) mass is 256 g/mol. The highest BCUT2D eigenvalue weighted by atomic mass is 16.6. The molecule has 0 atom stereocenters. The number of aromatic nitrogens is 1. The third kappa shape index (κ3) is 3.85. The first-order valence-corrected chi connectivity index (χ1v) is 5.72. The third-order valence-electron chi connectivity index (χ3n) is 2.43. The average Bonchev–Trinajstić information content (AvgIpc) is 2.73. The summed E-state index contributed by atoms with van der Waals surface area (Å²) < 4.78 is 6.62. The van der Waals surface area contributed by atoms with E-state index < -0.39 is 10.9 Å². The summed E-state index contributed by atoms with van der Waals surface area (Å²) in [6, 6.07) is 1.05. The number of nitro groups is 1. The first-order chi connectivity index (χ1) is 8.56. The van der Waals surface area contributed by atoms with E-state index in [2.05, 4.69) is 0 Å². The summed E-state index contributed by atoms with van der Waals surface area (Å²) in [5.41, 5.74) is -0.318. The van der Waals surface area contributed by atoms with Crippen LogP contribution in [0.2, 0.25) is 0 Å². The second-order valence-corrected chi connectivity index (χ2v) is 3.81. The molecular formula is C11H16N2O5. The molecular weight excluding hydrogens is 240 g/mol. The Morgan fingerprint density at radius 1 is 1.56 bits per heavy atom. The van der Waals surface area contributed by atoms with Crippen LogP contribution in [-0.4, -0.2) is 33.8 Å². The zero-order chi connectivity index (χ0) is 13.5. The summed E-state index contributed by atoms with van der Waals surface area (Å²) in [5, 5.41) is 19.5. The van der Waals surface area contributed by atoms with Crippen molar-refractivity contribution in [1.29, 1.82) is 0 Å². The van der Waals surface area contributed by atoms with E-state index in [-0.39, 0.29) is 11.4 Å². The first kappa shape index (κ1) is 14.2. The van der Waals surface area contributed by atoms with Crippen LogP contribution >= 0.6 is 0 Å². The lowest BCUT2D eigenvalue weighted by Gasteiger charge is -2.06. The van der Waals surface area contributed by atoms with Crippen molar-refractivity contribution in [3.05, 3.63) is 28.1 Å². The molecule has 1 heterocycles. The number of hydrogen-bond acceptors (Lipinski definition) is 4. The number of nitrogens with zero attached hydrogens (tertiary/aromatic N) is 2. The van der Waals surface area contributed by atoms with Crippen molar-refractivity contribution in [2.45, 2.75) is 26.3 Å². The zero-order valence-electron chi connectivity index (χ0n) is 10.2. The van der Waals surface area contributed by atoms with Crippen LogP contribution in [0.15, 0.2) is 12.3 Å². The standard InChI is InChI=1S/C11H16N2O5/c1-2-3-5-18-6-4-12-8-9(13(16)17)7-10(12)11(14)15/h7-8H,2-6H2,1H3,(H,14,15). The smallest absolute Gasteiger partial charge is 0.352 e. The van der Waals surface area contributed by atoms with E-state index in [0.717, 1.165) is 18.9 Å². The second kappa shape index (κ2) is 6.75. The number of carbonyl (C=O) groups is 1.